The van der Waals surface area contributed by atoms with Gasteiger partial charge in [-0.1, -0.05) is 0 Å². The summed E-state index contributed by atoms with van der Waals surface area (Å²) < 4.78 is 6.08. The van der Waals surface area contributed by atoms with Gasteiger partial charge in [-0.15, -0.1) is 0 Å². The van der Waals surface area contributed by atoms with E-state index in [1.165, 1.54) is 32.4 Å². The van der Waals surface area contributed by atoms with Gasteiger partial charge >= 0.3 is 0 Å². The fourth-order valence-electron chi connectivity index (χ4n) is 4.18. The minimum Gasteiger partial charge on any atom is -0.370 e. The van der Waals surface area contributed by atoms with Crippen molar-refractivity contribution in [2.24, 2.45) is 5.73 Å². The lowest BCUT2D eigenvalue weighted by Crippen LogP contribution is -2.63. The predicted octanol–water partition coefficient (Wildman–Crippen LogP) is 2.08. The summed E-state index contributed by atoms with van der Waals surface area (Å²) in [6, 6.07) is 0.638. The van der Waals surface area contributed by atoms with E-state index in [9.17, 15) is 0 Å². The number of nitrogens with two attached hydrogens (primary N) is 1. The molecule has 0 amide bonds. The Kier molecular flexibility index (Phi) is 5.35. The quantitative estimate of drug-likeness (QED) is 0.866. The lowest BCUT2D eigenvalue weighted by atomic mass is 9.86. The van der Waals surface area contributed by atoms with Crippen LogP contribution in [0.4, 0.5) is 0 Å². The highest BCUT2D eigenvalue weighted by Gasteiger charge is 2.43. The van der Waals surface area contributed by atoms with E-state index in [1.54, 1.807) is 0 Å². The monoisotopic (exact) mass is 297 g/mol. The second-order valence-electron chi connectivity index (χ2n) is 7.98. The molecule has 0 aromatic carbocycles. The zero-order valence-corrected chi connectivity index (χ0v) is 14.7. The van der Waals surface area contributed by atoms with Crippen molar-refractivity contribution in [2.75, 3.05) is 32.7 Å². The van der Waals surface area contributed by atoms with Crippen LogP contribution in [0, 0.1) is 0 Å². The van der Waals surface area contributed by atoms with Crippen LogP contribution in [0.25, 0.3) is 0 Å². The number of hydrogen-bond acceptors (Lipinski definition) is 4. The third-order valence-electron chi connectivity index (χ3n) is 5.30. The molecule has 0 bridgehead atoms. The highest BCUT2D eigenvalue weighted by molar-refractivity contribution is 4.99. The molecule has 0 aliphatic carbocycles. The Morgan fingerprint density at radius 1 is 1.24 bits per heavy atom. The Bertz CT molecular complexity index is 345. The average molecular weight is 297 g/mol. The van der Waals surface area contributed by atoms with Crippen LogP contribution in [0.3, 0.4) is 0 Å². The topological polar surface area (TPSA) is 41.7 Å². The van der Waals surface area contributed by atoms with Gasteiger partial charge < -0.3 is 15.4 Å². The first-order valence-electron chi connectivity index (χ1n) is 8.65. The van der Waals surface area contributed by atoms with Crippen molar-refractivity contribution >= 4 is 0 Å². The lowest BCUT2D eigenvalue weighted by Gasteiger charge is -2.51. The molecule has 4 nitrogen and oxygen atoms in total. The normalized spacial score (nSPS) is 35.9. The summed E-state index contributed by atoms with van der Waals surface area (Å²) in [7, 11) is 0. The molecule has 2 atom stereocenters. The first-order valence-corrected chi connectivity index (χ1v) is 8.65. The molecule has 2 rings (SSSR count). The van der Waals surface area contributed by atoms with Gasteiger partial charge in [0.05, 0.1) is 11.7 Å². The molecule has 21 heavy (non-hydrogen) atoms. The maximum atomic E-state index is 6.29. The SMILES string of the molecule is CC1CN(C2(CN)CCCN(C(C)C)CC2)CC(C)(C)O1. The Hall–Kier alpha value is -0.160. The van der Waals surface area contributed by atoms with Crippen LogP contribution in [0.2, 0.25) is 0 Å². The van der Waals surface area contributed by atoms with Crippen molar-refractivity contribution in [1.29, 1.82) is 0 Å². The van der Waals surface area contributed by atoms with Crippen molar-refractivity contribution in [2.45, 2.75) is 77.2 Å². The molecule has 2 heterocycles. The van der Waals surface area contributed by atoms with Crippen molar-refractivity contribution in [3.8, 4) is 0 Å². The highest BCUT2D eigenvalue weighted by atomic mass is 16.5. The lowest BCUT2D eigenvalue weighted by molar-refractivity contribution is -0.154. The predicted molar refractivity (Wildman–Crippen MR) is 88.5 cm³/mol. The third-order valence-corrected chi connectivity index (χ3v) is 5.30. The molecule has 0 aromatic heterocycles. The maximum absolute atomic E-state index is 6.29. The van der Waals surface area contributed by atoms with Crippen molar-refractivity contribution in [3.05, 3.63) is 0 Å². The Balaban J connectivity index is 2.13. The van der Waals surface area contributed by atoms with Gasteiger partial charge in [0.15, 0.2) is 0 Å². The second-order valence-corrected chi connectivity index (χ2v) is 7.98. The number of nitrogens with zero attached hydrogens (tertiary/aromatic N) is 2. The van der Waals surface area contributed by atoms with Gasteiger partial charge in [-0.2, -0.15) is 0 Å². The molecule has 2 unspecified atom stereocenters. The summed E-state index contributed by atoms with van der Waals surface area (Å²) in [5, 5.41) is 0. The van der Waals surface area contributed by atoms with Crippen molar-refractivity contribution < 1.29 is 4.74 Å². The van der Waals surface area contributed by atoms with Crippen LogP contribution in [0.1, 0.15) is 53.9 Å². The number of rotatable bonds is 3. The molecule has 2 aliphatic rings. The fraction of sp³-hybridized carbons (Fsp3) is 1.00. The van der Waals surface area contributed by atoms with Crippen molar-refractivity contribution in [3.63, 3.8) is 0 Å². The molecule has 2 fully saturated rings. The van der Waals surface area contributed by atoms with E-state index in [0.29, 0.717) is 12.1 Å². The molecule has 4 heteroatoms. The van der Waals surface area contributed by atoms with Gasteiger partial charge in [0.1, 0.15) is 0 Å². The second kappa shape index (κ2) is 6.53. The third kappa shape index (κ3) is 3.98. The molecule has 2 N–H and O–H groups in total. The van der Waals surface area contributed by atoms with Gasteiger partial charge in [-0.3, -0.25) is 4.90 Å². The smallest absolute Gasteiger partial charge is 0.0757 e. The van der Waals surface area contributed by atoms with Gasteiger partial charge in [0, 0.05) is 37.8 Å². The van der Waals surface area contributed by atoms with E-state index >= 15 is 0 Å². The Labute approximate surface area is 131 Å². The van der Waals surface area contributed by atoms with Crippen LogP contribution >= 0.6 is 0 Å². The van der Waals surface area contributed by atoms with E-state index in [1.807, 2.05) is 0 Å². The summed E-state index contributed by atoms with van der Waals surface area (Å²) in [6.07, 6.45) is 3.95. The van der Waals surface area contributed by atoms with Crippen LogP contribution < -0.4 is 5.73 Å². The largest absolute Gasteiger partial charge is 0.370 e. The summed E-state index contributed by atoms with van der Waals surface area (Å²) in [6.45, 7) is 16.4. The maximum Gasteiger partial charge on any atom is 0.0757 e. The van der Waals surface area contributed by atoms with Gasteiger partial charge in [0.25, 0.3) is 0 Å². The van der Waals surface area contributed by atoms with Gasteiger partial charge in [0.2, 0.25) is 0 Å². The van der Waals surface area contributed by atoms with Crippen LogP contribution in [-0.2, 0) is 4.74 Å². The molecule has 0 spiro atoms. The minimum absolute atomic E-state index is 0.0656. The molecule has 0 aromatic rings. The Morgan fingerprint density at radius 3 is 2.52 bits per heavy atom. The minimum atomic E-state index is -0.0656. The number of ether oxygens (including phenoxy) is 1. The molecule has 124 valence electrons. The van der Waals surface area contributed by atoms with E-state index in [-0.39, 0.29) is 11.1 Å². The molecule has 2 saturated heterocycles. The number of likely N-dealkylation sites (tertiary alicyclic amines) is 1. The molecular weight excluding hydrogens is 262 g/mol. The summed E-state index contributed by atoms with van der Waals surface area (Å²) in [5.41, 5.74) is 6.39. The van der Waals surface area contributed by atoms with Crippen LogP contribution in [-0.4, -0.2) is 65.8 Å². The first kappa shape index (κ1) is 17.2. The number of morpholine rings is 1. The van der Waals surface area contributed by atoms with Crippen LogP contribution in [0.15, 0.2) is 0 Å². The standard InChI is InChI=1S/C17H35N3O/c1-14(2)19-9-6-7-17(12-18,8-10-19)20-11-15(3)21-16(4,5)13-20/h14-15H,6-13,18H2,1-5H3. The van der Waals surface area contributed by atoms with E-state index in [0.717, 1.165) is 19.6 Å². The van der Waals surface area contributed by atoms with Gasteiger partial charge in [-0.05, 0) is 60.4 Å². The highest BCUT2D eigenvalue weighted by Crippen LogP contribution is 2.33. The van der Waals surface area contributed by atoms with E-state index in [4.69, 9.17) is 10.5 Å². The van der Waals surface area contributed by atoms with E-state index < -0.39 is 0 Å². The summed E-state index contributed by atoms with van der Waals surface area (Å²) in [4.78, 5) is 5.25. The Morgan fingerprint density at radius 2 is 1.95 bits per heavy atom. The summed E-state index contributed by atoms with van der Waals surface area (Å²) in [5.74, 6) is 0. The fourth-order valence-corrected chi connectivity index (χ4v) is 4.18. The molecule has 0 saturated carbocycles. The first-order chi connectivity index (χ1) is 9.78. The average Bonchev–Trinajstić information content (AvgIpc) is 2.59. The zero-order chi connectivity index (χ0) is 15.7. The van der Waals surface area contributed by atoms with Crippen LogP contribution in [0.5, 0.6) is 0 Å². The summed E-state index contributed by atoms with van der Waals surface area (Å²) >= 11 is 0. The molecule has 0 radical (unpaired) electrons. The molecular formula is C17H35N3O. The number of hydrogen-bond donors (Lipinski definition) is 1. The van der Waals surface area contributed by atoms with Crippen molar-refractivity contribution in [1.82, 2.24) is 9.80 Å². The van der Waals surface area contributed by atoms with Gasteiger partial charge in [-0.25, -0.2) is 0 Å². The van der Waals surface area contributed by atoms with E-state index in [2.05, 4.69) is 44.4 Å². The molecule has 2 aliphatic heterocycles. The zero-order valence-electron chi connectivity index (χ0n) is 14.7.